The minimum atomic E-state index is -0.838. The fourth-order valence-corrected chi connectivity index (χ4v) is 0.990. The lowest BCUT2D eigenvalue weighted by Crippen LogP contribution is -2.46. The number of amides is 2. The van der Waals surface area contributed by atoms with Crippen LogP contribution in [0.4, 0.5) is 4.79 Å². The van der Waals surface area contributed by atoms with Gasteiger partial charge in [0.1, 0.15) is 0 Å². The van der Waals surface area contributed by atoms with Gasteiger partial charge in [0.25, 0.3) is 0 Å². The summed E-state index contributed by atoms with van der Waals surface area (Å²) in [5.41, 5.74) is 0.00565. The van der Waals surface area contributed by atoms with E-state index in [0.717, 1.165) is 0 Å². The standard InChI is InChI=1S/C12H24N2O3/c1-8(10(15)16)6-7-13-11(17)14-9(2)12(3,4)5/h8-9H,6-7H2,1-5H3,(H,15,16)(H2,13,14,17). The van der Waals surface area contributed by atoms with Gasteiger partial charge in [0.15, 0.2) is 0 Å². The Balaban J connectivity index is 3.85. The van der Waals surface area contributed by atoms with Crippen LogP contribution in [0.25, 0.3) is 0 Å². The number of urea groups is 1. The smallest absolute Gasteiger partial charge is 0.315 e. The Morgan fingerprint density at radius 2 is 1.76 bits per heavy atom. The van der Waals surface area contributed by atoms with Crippen LogP contribution in [-0.2, 0) is 4.79 Å². The van der Waals surface area contributed by atoms with E-state index in [1.54, 1.807) is 6.92 Å². The molecule has 0 saturated heterocycles. The van der Waals surface area contributed by atoms with Crippen molar-refractivity contribution >= 4 is 12.0 Å². The fraction of sp³-hybridized carbons (Fsp3) is 0.833. The maximum atomic E-state index is 11.5. The van der Waals surface area contributed by atoms with Crippen LogP contribution in [0.3, 0.4) is 0 Å². The molecule has 0 aliphatic carbocycles. The third-order valence-electron chi connectivity index (χ3n) is 2.93. The molecule has 0 heterocycles. The molecule has 3 N–H and O–H groups in total. The van der Waals surface area contributed by atoms with Crippen LogP contribution in [0.1, 0.15) is 41.0 Å². The lowest BCUT2D eigenvalue weighted by Gasteiger charge is -2.28. The third-order valence-corrected chi connectivity index (χ3v) is 2.93. The third kappa shape index (κ3) is 6.81. The van der Waals surface area contributed by atoms with Crippen molar-refractivity contribution in [2.45, 2.75) is 47.1 Å². The van der Waals surface area contributed by atoms with Crippen LogP contribution in [0, 0.1) is 11.3 Å². The van der Waals surface area contributed by atoms with Crippen LogP contribution < -0.4 is 10.6 Å². The van der Waals surface area contributed by atoms with Gasteiger partial charge >= 0.3 is 12.0 Å². The van der Waals surface area contributed by atoms with E-state index >= 15 is 0 Å². The highest BCUT2D eigenvalue weighted by atomic mass is 16.4. The number of rotatable bonds is 5. The van der Waals surface area contributed by atoms with Crippen LogP contribution in [-0.4, -0.2) is 29.7 Å². The van der Waals surface area contributed by atoms with Gasteiger partial charge < -0.3 is 15.7 Å². The van der Waals surface area contributed by atoms with E-state index in [2.05, 4.69) is 10.6 Å². The largest absolute Gasteiger partial charge is 0.481 e. The molecule has 2 amide bonds. The quantitative estimate of drug-likeness (QED) is 0.690. The topological polar surface area (TPSA) is 78.4 Å². The van der Waals surface area contributed by atoms with Gasteiger partial charge in [-0.1, -0.05) is 27.7 Å². The van der Waals surface area contributed by atoms with Gasteiger partial charge in [-0.2, -0.15) is 0 Å². The highest BCUT2D eigenvalue weighted by Gasteiger charge is 2.21. The summed E-state index contributed by atoms with van der Waals surface area (Å²) in [6, 6.07) is -0.190. The van der Waals surface area contributed by atoms with Gasteiger partial charge in [-0.15, -0.1) is 0 Å². The SMILES string of the molecule is CC(CCNC(=O)NC(C)C(C)(C)C)C(=O)O. The van der Waals surface area contributed by atoms with Crippen molar-refractivity contribution in [3.8, 4) is 0 Å². The number of nitrogens with one attached hydrogen (secondary N) is 2. The predicted octanol–water partition coefficient (Wildman–Crippen LogP) is 1.83. The van der Waals surface area contributed by atoms with Crippen molar-refractivity contribution in [1.82, 2.24) is 10.6 Å². The maximum Gasteiger partial charge on any atom is 0.315 e. The highest BCUT2D eigenvalue weighted by Crippen LogP contribution is 2.18. The second kappa shape index (κ2) is 6.47. The van der Waals surface area contributed by atoms with Gasteiger partial charge in [0.05, 0.1) is 5.92 Å². The van der Waals surface area contributed by atoms with Crippen LogP contribution in [0.15, 0.2) is 0 Å². The monoisotopic (exact) mass is 244 g/mol. The zero-order chi connectivity index (χ0) is 13.6. The van der Waals surface area contributed by atoms with Crippen molar-refractivity contribution in [2.24, 2.45) is 11.3 Å². The lowest BCUT2D eigenvalue weighted by atomic mass is 9.88. The molecular formula is C12H24N2O3. The zero-order valence-electron chi connectivity index (χ0n) is 11.3. The summed E-state index contributed by atoms with van der Waals surface area (Å²) in [7, 11) is 0. The molecule has 5 nitrogen and oxygen atoms in total. The van der Waals surface area contributed by atoms with Gasteiger partial charge in [0, 0.05) is 12.6 Å². The molecule has 0 aromatic rings. The molecule has 0 aliphatic rings. The summed E-state index contributed by atoms with van der Waals surface area (Å²) in [6.45, 7) is 10.1. The zero-order valence-corrected chi connectivity index (χ0v) is 11.3. The molecule has 100 valence electrons. The second-order valence-corrected chi connectivity index (χ2v) is 5.52. The molecule has 0 bridgehead atoms. The average molecular weight is 244 g/mol. The highest BCUT2D eigenvalue weighted by molar-refractivity contribution is 5.74. The summed E-state index contributed by atoms with van der Waals surface area (Å²) in [5.74, 6) is -1.27. The van der Waals surface area contributed by atoms with Crippen LogP contribution >= 0.6 is 0 Å². The first-order valence-electron chi connectivity index (χ1n) is 5.91. The van der Waals surface area contributed by atoms with Crippen molar-refractivity contribution < 1.29 is 14.7 Å². The first-order valence-corrected chi connectivity index (χ1v) is 5.91. The summed E-state index contributed by atoms with van der Waals surface area (Å²) < 4.78 is 0. The van der Waals surface area contributed by atoms with Crippen molar-refractivity contribution in [1.29, 1.82) is 0 Å². The molecule has 0 rings (SSSR count). The molecule has 0 aromatic carbocycles. The Labute approximate surface area is 103 Å². The summed E-state index contributed by atoms with van der Waals surface area (Å²) >= 11 is 0. The Morgan fingerprint density at radius 1 is 1.24 bits per heavy atom. The van der Waals surface area contributed by atoms with Crippen molar-refractivity contribution in [2.75, 3.05) is 6.54 Å². The molecule has 5 heteroatoms. The Morgan fingerprint density at radius 3 is 2.18 bits per heavy atom. The molecule has 0 aliphatic heterocycles. The number of carboxylic acid groups (broad SMARTS) is 1. The van der Waals surface area contributed by atoms with Gasteiger partial charge in [-0.25, -0.2) is 4.79 Å². The Hall–Kier alpha value is -1.26. The molecule has 2 unspecified atom stereocenters. The van der Waals surface area contributed by atoms with Crippen LogP contribution in [0.5, 0.6) is 0 Å². The fourth-order valence-electron chi connectivity index (χ4n) is 0.990. The molecule has 0 fully saturated rings. The van der Waals surface area contributed by atoms with Crippen molar-refractivity contribution in [3.63, 3.8) is 0 Å². The number of carboxylic acids is 1. The van der Waals surface area contributed by atoms with E-state index in [1.165, 1.54) is 0 Å². The molecule has 0 spiro atoms. The second-order valence-electron chi connectivity index (χ2n) is 5.52. The number of hydrogen-bond donors (Lipinski definition) is 3. The first-order chi connectivity index (χ1) is 7.64. The van der Waals surface area contributed by atoms with Crippen LogP contribution in [0.2, 0.25) is 0 Å². The van der Waals surface area contributed by atoms with E-state index in [0.29, 0.717) is 13.0 Å². The van der Waals surface area contributed by atoms with E-state index in [-0.39, 0.29) is 17.5 Å². The molecule has 2 atom stereocenters. The van der Waals surface area contributed by atoms with E-state index in [9.17, 15) is 9.59 Å². The molecule has 0 radical (unpaired) electrons. The minimum Gasteiger partial charge on any atom is -0.481 e. The normalized spacial score (nSPS) is 14.9. The summed E-state index contributed by atoms with van der Waals surface area (Å²) in [5, 5.41) is 14.2. The summed E-state index contributed by atoms with van der Waals surface area (Å²) in [4.78, 5) is 22.0. The molecule has 0 aromatic heterocycles. The maximum absolute atomic E-state index is 11.5. The molecule has 0 saturated carbocycles. The number of carbonyl (C=O) groups is 2. The summed E-state index contributed by atoms with van der Waals surface area (Å²) in [6.07, 6.45) is 0.437. The molecule has 17 heavy (non-hydrogen) atoms. The van der Waals surface area contributed by atoms with Crippen molar-refractivity contribution in [3.05, 3.63) is 0 Å². The number of carbonyl (C=O) groups excluding carboxylic acids is 1. The number of aliphatic carboxylic acids is 1. The number of hydrogen-bond acceptors (Lipinski definition) is 2. The Kier molecular flexibility index (Phi) is 5.99. The van der Waals surface area contributed by atoms with Gasteiger partial charge in [-0.3, -0.25) is 4.79 Å². The molecular weight excluding hydrogens is 220 g/mol. The van der Waals surface area contributed by atoms with Gasteiger partial charge in [-0.05, 0) is 18.8 Å². The van der Waals surface area contributed by atoms with E-state index in [4.69, 9.17) is 5.11 Å². The average Bonchev–Trinajstić information content (AvgIpc) is 2.15. The predicted molar refractivity (Wildman–Crippen MR) is 66.9 cm³/mol. The van der Waals surface area contributed by atoms with E-state index in [1.807, 2.05) is 27.7 Å². The van der Waals surface area contributed by atoms with E-state index < -0.39 is 11.9 Å². The van der Waals surface area contributed by atoms with Gasteiger partial charge in [0.2, 0.25) is 0 Å². The minimum absolute atomic E-state index is 0.00565. The lowest BCUT2D eigenvalue weighted by molar-refractivity contribution is -0.141. The first kappa shape index (κ1) is 15.7. The Bertz CT molecular complexity index is 271.